The van der Waals surface area contributed by atoms with Crippen LogP contribution in [0.2, 0.25) is 0 Å². The Hall–Kier alpha value is -1.48. The standard InChI is InChI=1S/C13H12FNS/c1-9-5-4-8-12(13(9)15)16-11-7-3-2-6-10(11)14/h2-8H,15H2,1H3. The molecule has 0 aliphatic carbocycles. The monoisotopic (exact) mass is 233 g/mol. The molecule has 2 aromatic rings. The van der Waals surface area contributed by atoms with Crippen LogP contribution in [0.3, 0.4) is 0 Å². The summed E-state index contributed by atoms with van der Waals surface area (Å²) in [5, 5.41) is 0. The van der Waals surface area contributed by atoms with Gasteiger partial charge in [-0.2, -0.15) is 0 Å². The Balaban J connectivity index is 2.35. The summed E-state index contributed by atoms with van der Waals surface area (Å²) in [7, 11) is 0. The van der Waals surface area contributed by atoms with Crippen molar-refractivity contribution in [3.63, 3.8) is 0 Å². The van der Waals surface area contributed by atoms with Gasteiger partial charge in [0.1, 0.15) is 5.82 Å². The van der Waals surface area contributed by atoms with Crippen molar-refractivity contribution in [1.82, 2.24) is 0 Å². The van der Waals surface area contributed by atoms with Crippen LogP contribution < -0.4 is 5.73 Å². The third-order valence-electron chi connectivity index (χ3n) is 2.34. The lowest BCUT2D eigenvalue weighted by molar-refractivity contribution is 0.602. The van der Waals surface area contributed by atoms with E-state index in [0.29, 0.717) is 4.90 Å². The molecule has 0 aromatic heterocycles. The van der Waals surface area contributed by atoms with Gasteiger partial charge in [0.25, 0.3) is 0 Å². The number of para-hydroxylation sites is 1. The van der Waals surface area contributed by atoms with Crippen molar-refractivity contribution in [2.75, 3.05) is 5.73 Å². The van der Waals surface area contributed by atoms with E-state index in [1.807, 2.05) is 31.2 Å². The van der Waals surface area contributed by atoms with Gasteiger partial charge in [0.15, 0.2) is 0 Å². The number of hydrogen-bond donors (Lipinski definition) is 1. The second-order valence-electron chi connectivity index (χ2n) is 3.52. The zero-order valence-electron chi connectivity index (χ0n) is 8.91. The maximum Gasteiger partial charge on any atom is 0.137 e. The molecule has 0 aliphatic rings. The minimum atomic E-state index is -0.214. The van der Waals surface area contributed by atoms with Crippen molar-refractivity contribution in [1.29, 1.82) is 0 Å². The molecule has 0 unspecified atom stereocenters. The van der Waals surface area contributed by atoms with E-state index in [2.05, 4.69) is 0 Å². The van der Waals surface area contributed by atoms with Gasteiger partial charge in [-0.15, -0.1) is 0 Å². The molecule has 82 valence electrons. The minimum absolute atomic E-state index is 0.214. The van der Waals surface area contributed by atoms with Crippen molar-refractivity contribution in [3.8, 4) is 0 Å². The van der Waals surface area contributed by atoms with Crippen LogP contribution >= 0.6 is 11.8 Å². The molecule has 2 rings (SSSR count). The number of benzene rings is 2. The van der Waals surface area contributed by atoms with Gasteiger partial charge in [0.05, 0.1) is 0 Å². The van der Waals surface area contributed by atoms with Crippen molar-refractivity contribution in [2.24, 2.45) is 0 Å². The van der Waals surface area contributed by atoms with Crippen molar-refractivity contribution >= 4 is 17.4 Å². The van der Waals surface area contributed by atoms with Crippen LogP contribution in [0.1, 0.15) is 5.56 Å². The summed E-state index contributed by atoms with van der Waals surface area (Å²) in [5.41, 5.74) is 7.67. The Kier molecular flexibility index (Phi) is 3.15. The average Bonchev–Trinajstić information content (AvgIpc) is 2.28. The van der Waals surface area contributed by atoms with Crippen LogP contribution in [0, 0.1) is 12.7 Å². The average molecular weight is 233 g/mol. The molecule has 0 bridgehead atoms. The van der Waals surface area contributed by atoms with E-state index in [4.69, 9.17) is 5.73 Å². The molecular formula is C13H12FNS. The van der Waals surface area contributed by atoms with Gasteiger partial charge in [-0.1, -0.05) is 36.0 Å². The minimum Gasteiger partial charge on any atom is -0.398 e. The lowest BCUT2D eigenvalue weighted by Gasteiger charge is -2.08. The van der Waals surface area contributed by atoms with Gasteiger partial charge >= 0.3 is 0 Å². The largest absolute Gasteiger partial charge is 0.398 e. The number of nitrogen functional groups attached to an aromatic ring is 1. The number of rotatable bonds is 2. The normalized spacial score (nSPS) is 10.4. The van der Waals surface area contributed by atoms with E-state index in [0.717, 1.165) is 16.1 Å². The molecule has 3 heteroatoms. The van der Waals surface area contributed by atoms with E-state index >= 15 is 0 Å². The van der Waals surface area contributed by atoms with Crippen molar-refractivity contribution < 1.29 is 4.39 Å². The topological polar surface area (TPSA) is 26.0 Å². The summed E-state index contributed by atoms with van der Waals surface area (Å²) >= 11 is 1.35. The molecule has 0 fully saturated rings. The third kappa shape index (κ3) is 2.19. The fourth-order valence-corrected chi connectivity index (χ4v) is 2.36. The first-order valence-electron chi connectivity index (χ1n) is 4.96. The number of nitrogens with two attached hydrogens (primary N) is 1. The Morgan fingerprint density at radius 3 is 2.44 bits per heavy atom. The molecule has 0 heterocycles. The maximum absolute atomic E-state index is 13.4. The second-order valence-corrected chi connectivity index (χ2v) is 4.60. The van der Waals surface area contributed by atoms with E-state index in [9.17, 15) is 4.39 Å². The number of halogens is 1. The summed E-state index contributed by atoms with van der Waals surface area (Å²) in [6, 6.07) is 12.5. The molecule has 0 amide bonds. The number of aryl methyl sites for hydroxylation is 1. The lowest BCUT2D eigenvalue weighted by atomic mass is 10.2. The van der Waals surface area contributed by atoms with Crippen LogP contribution in [-0.4, -0.2) is 0 Å². The molecule has 2 N–H and O–H groups in total. The molecular weight excluding hydrogens is 221 g/mol. The fourth-order valence-electron chi connectivity index (χ4n) is 1.39. The van der Waals surface area contributed by atoms with Crippen molar-refractivity contribution in [2.45, 2.75) is 16.7 Å². The molecule has 0 saturated heterocycles. The smallest absolute Gasteiger partial charge is 0.137 e. The van der Waals surface area contributed by atoms with E-state index in [1.54, 1.807) is 12.1 Å². The van der Waals surface area contributed by atoms with Crippen LogP contribution in [0.4, 0.5) is 10.1 Å². The quantitative estimate of drug-likeness (QED) is 0.797. The molecule has 0 spiro atoms. The predicted molar refractivity (Wildman–Crippen MR) is 66.1 cm³/mol. The highest BCUT2D eigenvalue weighted by Gasteiger charge is 2.06. The van der Waals surface area contributed by atoms with Gasteiger partial charge in [-0.3, -0.25) is 0 Å². The van der Waals surface area contributed by atoms with Crippen molar-refractivity contribution in [3.05, 3.63) is 53.8 Å². The van der Waals surface area contributed by atoms with Gasteiger partial charge < -0.3 is 5.73 Å². The summed E-state index contributed by atoms with van der Waals surface area (Å²) in [6.07, 6.45) is 0. The molecule has 1 nitrogen and oxygen atoms in total. The highest BCUT2D eigenvalue weighted by molar-refractivity contribution is 7.99. The maximum atomic E-state index is 13.4. The molecule has 0 aliphatic heterocycles. The summed E-state index contributed by atoms with van der Waals surface area (Å²) < 4.78 is 13.4. The molecule has 2 aromatic carbocycles. The molecule has 0 saturated carbocycles. The number of hydrogen-bond acceptors (Lipinski definition) is 2. The van der Waals surface area contributed by atoms with Gasteiger partial charge in [0, 0.05) is 15.5 Å². The lowest BCUT2D eigenvalue weighted by Crippen LogP contribution is -1.92. The Labute approximate surface area is 98.5 Å². The predicted octanol–water partition coefficient (Wildman–Crippen LogP) is 3.87. The Bertz CT molecular complexity index is 511. The third-order valence-corrected chi connectivity index (χ3v) is 3.47. The van der Waals surface area contributed by atoms with E-state index in [-0.39, 0.29) is 5.82 Å². The molecule has 0 atom stereocenters. The van der Waals surface area contributed by atoms with Crippen LogP contribution in [0.15, 0.2) is 52.3 Å². The summed E-state index contributed by atoms with van der Waals surface area (Å²) in [5.74, 6) is -0.214. The highest BCUT2D eigenvalue weighted by Crippen LogP contribution is 2.34. The molecule has 0 radical (unpaired) electrons. The summed E-state index contributed by atoms with van der Waals surface area (Å²) in [6.45, 7) is 1.95. The number of anilines is 1. The molecule has 16 heavy (non-hydrogen) atoms. The first-order chi connectivity index (χ1) is 7.68. The van der Waals surface area contributed by atoms with Gasteiger partial charge in [-0.05, 0) is 30.7 Å². The van der Waals surface area contributed by atoms with E-state index < -0.39 is 0 Å². The highest BCUT2D eigenvalue weighted by atomic mass is 32.2. The zero-order valence-corrected chi connectivity index (χ0v) is 9.72. The van der Waals surface area contributed by atoms with E-state index in [1.165, 1.54) is 17.8 Å². The van der Waals surface area contributed by atoms with Gasteiger partial charge in [0.2, 0.25) is 0 Å². The van der Waals surface area contributed by atoms with Gasteiger partial charge in [-0.25, -0.2) is 4.39 Å². The second kappa shape index (κ2) is 4.58. The SMILES string of the molecule is Cc1cccc(Sc2ccccc2F)c1N. The van der Waals surface area contributed by atoms with Crippen LogP contribution in [0.25, 0.3) is 0 Å². The summed E-state index contributed by atoms with van der Waals surface area (Å²) in [4.78, 5) is 1.49. The first-order valence-corrected chi connectivity index (χ1v) is 5.77. The zero-order chi connectivity index (χ0) is 11.5. The van der Waals surface area contributed by atoms with Crippen LogP contribution in [-0.2, 0) is 0 Å². The Morgan fingerprint density at radius 2 is 1.69 bits per heavy atom. The fraction of sp³-hybridized carbons (Fsp3) is 0.0769. The first kappa shape index (κ1) is 11.0. The van der Waals surface area contributed by atoms with Crippen LogP contribution in [0.5, 0.6) is 0 Å². The Morgan fingerprint density at radius 1 is 1.00 bits per heavy atom.